The molecule has 138 valence electrons. The third kappa shape index (κ3) is 5.93. The van der Waals surface area contributed by atoms with Crippen LogP contribution in [0.25, 0.3) is 0 Å². The molecule has 0 bridgehead atoms. The van der Waals surface area contributed by atoms with Crippen molar-refractivity contribution in [2.45, 2.75) is 25.4 Å². The zero-order valence-corrected chi connectivity index (χ0v) is 15.4. The highest BCUT2D eigenvalue weighted by atomic mass is 35.5. The molecule has 0 spiro atoms. The molecule has 2 aromatic rings. The summed E-state index contributed by atoms with van der Waals surface area (Å²) in [7, 11) is 0. The molecule has 0 unspecified atom stereocenters. The molecule has 3 rings (SSSR count). The summed E-state index contributed by atoms with van der Waals surface area (Å²) >= 11 is 5.82. The molecule has 1 aliphatic rings. The van der Waals surface area contributed by atoms with E-state index in [0.29, 0.717) is 10.8 Å². The SMILES string of the molecule is O=C(NCOc1ccc(Cl)cc1)NC1CCN(Cc2ccccc2)CC1. The zero-order valence-electron chi connectivity index (χ0n) is 14.7. The van der Waals surface area contributed by atoms with Crippen LogP contribution in [0.3, 0.4) is 0 Å². The van der Waals surface area contributed by atoms with E-state index in [4.69, 9.17) is 16.3 Å². The molecule has 1 heterocycles. The number of carbonyl (C=O) groups is 1. The highest BCUT2D eigenvalue weighted by Crippen LogP contribution is 2.15. The van der Waals surface area contributed by atoms with Crippen LogP contribution in [0.15, 0.2) is 54.6 Å². The minimum absolute atomic E-state index is 0.125. The fourth-order valence-electron chi connectivity index (χ4n) is 3.03. The monoisotopic (exact) mass is 373 g/mol. The van der Waals surface area contributed by atoms with Crippen LogP contribution in [-0.4, -0.2) is 36.8 Å². The lowest BCUT2D eigenvalue weighted by Gasteiger charge is -2.32. The van der Waals surface area contributed by atoms with Crippen LogP contribution in [0.5, 0.6) is 5.75 Å². The summed E-state index contributed by atoms with van der Waals surface area (Å²) in [5.41, 5.74) is 1.33. The summed E-state index contributed by atoms with van der Waals surface area (Å²) < 4.78 is 5.47. The van der Waals surface area contributed by atoms with Crippen LogP contribution < -0.4 is 15.4 Å². The number of urea groups is 1. The van der Waals surface area contributed by atoms with E-state index in [1.54, 1.807) is 24.3 Å². The summed E-state index contributed by atoms with van der Waals surface area (Å²) in [6.45, 7) is 3.07. The first-order valence-corrected chi connectivity index (χ1v) is 9.26. The fourth-order valence-corrected chi connectivity index (χ4v) is 3.16. The lowest BCUT2D eigenvalue weighted by molar-refractivity contribution is 0.183. The van der Waals surface area contributed by atoms with Gasteiger partial charge < -0.3 is 15.4 Å². The summed E-state index contributed by atoms with van der Waals surface area (Å²) in [6.07, 6.45) is 1.91. The van der Waals surface area contributed by atoms with Crippen molar-refractivity contribution in [3.05, 3.63) is 65.2 Å². The molecule has 6 heteroatoms. The number of nitrogens with one attached hydrogen (secondary N) is 2. The highest BCUT2D eigenvalue weighted by Gasteiger charge is 2.20. The predicted octanol–water partition coefficient (Wildman–Crippen LogP) is 3.64. The van der Waals surface area contributed by atoms with Crippen LogP contribution in [0.4, 0.5) is 4.79 Å². The van der Waals surface area contributed by atoms with Gasteiger partial charge in [-0.15, -0.1) is 0 Å². The van der Waals surface area contributed by atoms with Crippen molar-refractivity contribution in [1.82, 2.24) is 15.5 Å². The van der Waals surface area contributed by atoms with E-state index < -0.39 is 0 Å². The third-order valence-corrected chi connectivity index (χ3v) is 4.71. The molecule has 0 atom stereocenters. The lowest BCUT2D eigenvalue weighted by atomic mass is 10.0. The Morgan fingerprint density at radius 3 is 2.46 bits per heavy atom. The minimum Gasteiger partial charge on any atom is -0.473 e. The number of nitrogens with zero attached hydrogens (tertiary/aromatic N) is 1. The third-order valence-electron chi connectivity index (χ3n) is 4.46. The molecule has 1 aliphatic heterocycles. The van der Waals surface area contributed by atoms with Crippen molar-refractivity contribution in [3.8, 4) is 5.75 Å². The van der Waals surface area contributed by atoms with Crippen LogP contribution >= 0.6 is 11.6 Å². The first-order chi connectivity index (χ1) is 12.7. The maximum atomic E-state index is 12.0. The molecule has 0 radical (unpaired) electrons. The number of likely N-dealkylation sites (tertiary alicyclic amines) is 1. The van der Waals surface area contributed by atoms with Gasteiger partial charge in [-0.3, -0.25) is 4.90 Å². The number of rotatable bonds is 6. The van der Waals surface area contributed by atoms with E-state index in [9.17, 15) is 4.79 Å². The van der Waals surface area contributed by atoms with Crippen LogP contribution in [0, 0.1) is 0 Å². The van der Waals surface area contributed by atoms with Gasteiger partial charge in [0.15, 0.2) is 6.73 Å². The van der Waals surface area contributed by atoms with E-state index in [1.807, 2.05) is 6.07 Å². The molecule has 2 aromatic carbocycles. The second-order valence-corrected chi connectivity index (χ2v) is 6.87. The average molecular weight is 374 g/mol. The van der Waals surface area contributed by atoms with Crippen molar-refractivity contribution in [2.75, 3.05) is 19.8 Å². The topological polar surface area (TPSA) is 53.6 Å². The van der Waals surface area contributed by atoms with E-state index in [2.05, 4.69) is 39.8 Å². The number of hydrogen-bond acceptors (Lipinski definition) is 3. The average Bonchev–Trinajstić information content (AvgIpc) is 2.66. The summed E-state index contributed by atoms with van der Waals surface area (Å²) in [5, 5.41) is 6.40. The molecule has 1 saturated heterocycles. The van der Waals surface area contributed by atoms with Gasteiger partial charge in [-0.05, 0) is 42.7 Å². The molecular formula is C20H24ClN3O2. The maximum Gasteiger partial charge on any atom is 0.317 e. The molecule has 1 fully saturated rings. The minimum atomic E-state index is -0.194. The van der Waals surface area contributed by atoms with Crippen molar-refractivity contribution in [1.29, 1.82) is 0 Å². The van der Waals surface area contributed by atoms with Gasteiger partial charge in [-0.2, -0.15) is 0 Å². The number of ether oxygens (including phenoxy) is 1. The Morgan fingerprint density at radius 2 is 1.77 bits per heavy atom. The predicted molar refractivity (Wildman–Crippen MR) is 103 cm³/mol. The zero-order chi connectivity index (χ0) is 18.2. The number of benzene rings is 2. The first-order valence-electron chi connectivity index (χ1n) is 8.88. The van der Waals surface area contributed by atoms with E-state index in [0.717, 1.165) is 32.5 Å². The Hall–Kier alpha value is -2.24. The second kappa shape index (κ2) is 9.46. The molecular weight excluding hydrogens is 350 g/mol. The lowest BCUT2D eigenvalue weighted by Crippen LogP contribution is -2.48. The molecule has 0 saturated carbocycles. The number of amides is 2. The summed E-state index contributed by atoms with van der Waals surface area (Å²) in [4.78, 5) is 14.4. The Morgan fingerprint density at radius 1 is 1.08 bits per heavy atom. The van der Waals surface area contributed by atoms with Crippen LogP contribution in [0.1, 0.15) is 18.4 Å². The van der Waals surface area contributed by atoms with Crippen LogP contribution in [-0.2, 0) is 6.54 Å². The first kappa shape index (κ1) is 18.5. The Balaban J connectivity index is 1.32. The van der Waals surface area contributed by atoms with Gasteiger partial charge in [0, 0.05) is 30.7 Å². The van der Waals surface area contributed by atoms with Gasteiger partial charge in [-0.1, -0.05) is 41.9 Å². The van der Waals surface area contributed by atoms with E-state index in [1.165, 1.54) is 5.56 Å². The quantitative estimate of drug-likeness (QED) is 0.760. The van der Waals surface area contributed by atoms with Crippen LogP contribution in [0.2, 0.25) is 5.02 Å². The van der Waals surface area contributed by atoms with Gasteiger partial charge in [0.2, 0.25) is 0 Å². The molecule has 0 aromatic heterocycles. The number of halogens is 1. The Bertz CT molecular complexity index is 686. The maximum absolute atomic E-state index is 12.0. The smallest absolute Gasteiger partial charge is 0.317 e. The Labute approximate surface area is 159 Å². The second-order valence-electron chi connectivity index (χ2n) is 6.43. The van der Waals surface area contributed by atoms with Gasteiger partial charge in [0.1, 0.15) is 5.75 Å². The number of hydrogen-bond donors (Lipinski definition) is 2. The normalized spacial score (nSPS) is 15.4. The largest absolute Gasteiger partial charge is 0.473 e. The van der Waals surface area contributed by atoms with Crippen molar-refractivity contribution < 1.29 is 9.53 Å². The van der Waals surface area contributed by atoms with Gasteiger partial charge in [0.05, 0.1) is 0 Å². The standard InChI is InChI=1S/C20H24ClN3O2/c21-17-6-8-19(9-7-17)26-15-22-20(25)23-18-10-12-24(13-11-18)14-16-4-2-1-3-5-16/h1-9,18H,10-15H2,(H2,22,23,25). The van der Waals surface area contributed by atoms with Gasteiger partial charge in [0.25, 0.3) is 0 Å². The number of carbonyl (C=O) groups excluding carboxylic acids is 1. The van der Waals surface area contributed by atoms with Crippen molar-refractivity contribution in [2.24, 2.45) is 0 Å². The summed E-state index contributed by atoms with van der Waals surface area (Å²) in [5.74, 6) is 0.670. The van der Waals surface area contributed by atoms with Crippen molar-refractivity contribution in [3.63, 3.8) is 0 Å². The molecule has 26 heavy (non-hydrogen) atoms. The van der Waals surface area contributed by atoms with Crippen molar-refractivity contribution >= 4 is 17.6 Å². The van der Waals surface area contributed by atoms with Gasteiger partial charge >= 0.3 is 6.03 Å². The fraction of sp³-hybridized carbons (Fsp3) is 0.350. The summed E-state index contributed by atoms with van der Waals surface area (Å²) in [6, 6.07) is 17.5. The van der Waals surface area contributed by atoms with E-state index in [-0.39, 0.29) is 18.8 Å². The highest BCUT2D eigenvalue weighted by molar-refractivity contribution is 6.30. The van der Waals surface area contributed by atoms with E-state index >= 15 is 0 Å². The molecule has 2 amide bonds. The number of piperidine rings is 1. The Kier molecular flexibility index (Phi) is 6.75. The van der Waals surface area contributed by atoms with Gasteiger partial charge in [-0.25, -0.2) is 4.79 Å². The molecule has 5 nitrogen and oxygen atoms in total. The molecule has 2 N–H and O–H groups in total. The molecule has 0 aliphatic carbocycles.